The molecule has 17 heavy (non-hydrogen) atoms. The fraction of sp³-hybridized carbons (Fsp3) is 0.250. The summed E-state index contributed by atoms with van der Waals surface area (Å²) in [7, 11) is 0. The van der Waals surface area contributed by atoms with Crippen molar-refractivity contribution in [2.24, 2.45) is 0 Å². The van der Waals surface area contributed by atoms with Gasteiger partial charge in [0, 0.05) is 6.42 Å². The van der Waals surface area contributed by atoms with Gasteiger partial charge in [0.1, 0.15) is 0 Å². The highest BCUT2D eigenvalue weighted by Crippen LogP contribution is 2.10. The zero-order valence-corrected chi connectivity index (χ0v) is 10.2. The van der Waals surface area contributed by atoms with Crippen molar-refractivity contribution in [2.75, 3.05) is 0 Å². The molecule has 0 saturated heterocycles. The predicted octanol–water partition coefficient (Wildman–Crippen LogP) is 3.67. The lowest BCUT2D eigenvalue weighted by molar-refractivity contribution is 0.215. The highest BCUT2D eigenvalue weighted by Gasteiger charge is 2.06. The molecule has 0 aliphatic heterocycles. The Morgan fingerprint density at radius 2 is 1.94 bits per heavy atom. The molecule has 0 heterocycles. The average molecular weight is 228 g/mol. The molecule has 1 N–H and O–H groups in total. The molecule has 1 atom stereocenters. The number of benzene rings is 1. The first-order valence-corrected chi connectivity index (χ1v) is 5.92. The summed E-state index contributed by atoms with van der Waals surface area (Å²) in [6, 6.07) is 9.95. The van der Waals surface area contributed by atoms with Gasteiger partial charge in [0.25, 0.3) is 0 Å². The van der Waals surface area contributed by atoms with E-state index in [0.717, 1.165) is 24.0 Å². The molecule has 0 amide bonds. The van der Waals surface area contributed by atoms with E-state index in [1.165, 1.54) is 0 Å². The van der Waals surface area contributed by atoms with Crippen molar-refractivity contribution in [1.29, 1.82) is 0 Å². The summed E-state index contributed by atoms with van der Waals surface area (Å²) >= 11 is 0. The van der Waals surface area contributed by atoms with Gasteiger partial charge in [0.05, 0.1) is 6.10 Å². The summed E-state index contributed by atoms with van der Waals surface area (Å²) in [5.74, 6) is 0. The van der Waals surface area contributed by atoms with Crippen LogP contribution in [0.3, 0.4) is 0 Å². The Balaban J connectivity index is 2.42. The second kappa shape index (κ2) is 7.64. The molecular weight excluding hydrogens is 208 g/mol. The maximum atomic E-state index is 9.96. The van der Waals surface area contributed by atoms with Crippen LogP contribution in [0.5, 0.6) is 0 Å². The molecule has 1 unspecified atom stereocenters. The van der Waals surface area contributed by atoms with Crippen molar-refractivity contribution in [3.8, 4) is 0 Å². The second-order valence-corrected chi connectivity index (χ2v) is 4.05. The summed E-state index contributed by atoms with van der Waals surface area (Å²) in [5.41, 5.74) is 1.89. The van der Waals surface area contributed by atoms with Gasteiger partial charge in [-0.15, -0.1) is 6.58 Å². The number of rotatable bonds is 7. The van der Waals surface area contributed by atoms with Gasteiger partial charge in [-0.05, 0) is 24.0 Å². The third-order valence-electron chi connectivity index (χ3n) is 2.57. The number of aliphatic hydroxyl groups excluding tert-OH is 1. The van der Waals surface area contributed by atoms with E-state index >= 15 is 0 Å². The summed E-state index contributed by atoms with van der Waals surface area (Å²) < 4.78 is 0. The minimum absolute atomic E-state index is 0.502. The summed E-state index contributed by atoms with van der Waals surface area (Å²) in [5, 5.41) is 9.96. The molecule has 0 aromatic heterocycles. The van der Waals surface area contributed by atoms with Crippen LogP contribution in [0.4, 0.5) is 0 Å². The van der Waals surface area contributed by atoms with E-state index in [1.807, 2.05) is 48.6 Å². The Morgan fingerprint density at radius 3 is 2.59 bits per heavy atom. The van der Waals surface area contributed by atoms with Crippen molar-refractivity contribution in [3.05, 3.63) is 72.9 Å². The largest absolute Gasteiger partial charge is 0.388 e. The van der Waals surface area contributed by atoms with Crippen LogP contribution in [-0.2, 0) is 6.42 Å². The number of hydrogen-bond acceptors (Lipinski definition) is 1. The first kappa shape index (κ1) is 13.5. The summed E-state index contributed by atoms with van der Waals surface area (Å²) in [6.45, 7) is 7.55. The SMILES string of the molecule is C=CCC/C=C/C(=C)C(O)Cc1ccccc1. The Labute approximate surface area is 104 Å². The monoisotopic (exact) mass is 228 g/mol. The number of unbranched alkanes of at least 4 members (excludes halogenated alkanes) is 1. The van der Waals surface area contributed by atoms with E-state index in [4.69, 9.17) is 0 Å². The summed E-state index contributed by atoms with van der Waals surface area (Å²) in [4.78, 5) is 0. The van der Waals surface area contributed by atoms with Crippen LogP contribution in [-0.4, -0.2) is 11.2 Å². The van der Waals surface area contributed by atoms with Crippen LogP contribution in [0, 0.1) is 0 Å². The molecule has 0 aliphatic carbocycles. The number of aliphatic hydroxyl groups is 1. The Kier molecular flexibility index (Phi) is 6.05. The van der Waals surface area contributed by atoms with E-state index in [9.17, 15) is 5.11 Å². The van der Waals surface area contributed by atoms with Crippen LogP contribution in [0.15, 0.2) is 67.3 Å². The molecule has 0 saturated carbocycles. The van der Waals surface area contributed by atoms with E-state index in [0.29, 0.717) is 6.42 Å². The van der Waals surface area contributed by atoms with Crippen molar-refractivity contribution in [2.45, 2.75) is 25.4 Å². The molecule has 0 radical (unpaired) electrons. The fourth-order valence-electron chi connectivity index (χ4n) is 1.53. The van der Waals surface area contributed by atoms with Crippen LogP contribution >= 0.6 is 0 Å². The van der Waals surface area contributed by atoms with Gasteiger partial charge < -0.3 is 5.11 Å². The van der Waals surface area contributed by atoms with E-state index < -0.39 is 6.10 Å². The molecule has 0 spiro atoms. The van der Waals surface area contributed by atoms with Gasteiger partial charge >= 0.3 is 0 Å². The molecular formula is C16H20O. The lowest BCUT2D eigenvalue weighted by atomic mass is 10.0. The molecule has 90 valence electrons. The van der Waals surface area contributed by atoms with E-state index in [1.54, 1.807) is 0 Å². The van der Waals surface area contributed by atoms with Gasteiger partial charge in [-0.25, -0.2) is 0 Å². The number of hydrogen-bond donors (Lipinski definition) is 1. The molecule has 0 aliphatic rings. The van der Waals surface area contributed by atoms with Crippen LogP contribution in [0.2, 0.25) is 0 Å². The smallest absolute Gasteiger partial charge is 0.0824 e. The van der Waals surface area contributed by atoms with Crippen molar-refractivity contribution in [3.63, 3.8) is 0 Å². The molecule has 0 bridgehead atoms. The first-order chi connectivity index (χ1) is 8.24. The van der Waals surface area contributed by atoms with Crippen LogP contribution in [0.25, 0.3) is 0 Å². The maximum absolute atomic E-state index is 9.96. The Bertz CT molecular complexity index is 376. The molecule has 1 heteroatoms. The average Bonchev–Trinajstić information content (AvgIpc) is 2.35. The van der Waals surface area contributed by atoms with Crippen molar-refractivity contribution >= 4 is 0 Å². The quantitative estimate of drug-likeness (QED) is 0.429. The van der Waals surface area contributed by atoms with Gasteiger partial charge in [0.2, 0.25) is 0 Å². The first-order valence-electron chi connectivity index (χ1n) is 5.92. The van der Waals surface area contributed by atoms with E-state index in [-0.39, 0.29) is 0 Å². The lowest BCUT2D eigenvalue weighted by Gasteiger charge is -2.10. The Morgan fingerprint density at radius 1 is 1.24 bits per heavy atom. The van der Waals surface area contributed by atoms with Gasteiger partial charge in [-0.1, -0.05) is 55.1 Å². The molecule has 1 aromatic carbocycles. The van der Waals surface area contributed by atoms with Gasteiger partial charge in [-0.3, -0.25) is 0 Å². The van der Waals surface area contributed by atoms with E-state index in [2.05, 4.69) is 13.2 Å². The normalized spacial score (nSPS) is 12.5. The van der Waals surface area contributed by atoms with Crippen LogP contribution in [0.1, 0.15) is 18.4 Å². The fourth-order valence-corrected chi connectivity index (χ4v) is 1.53. The van der Waals surface area contributed by atoms with Crippen molar-refractivity contribution in [1.82, 2.24) is 0 Å². The Hall–Kier alpha value is -1.60. The van der Waals surface area contributed by atoms with Gasteiger partial charge in [0.15, 0.2) is 0 Å². The second-order valence-electron chi connectivity index (χ2n) is 4.05. The standard InChI is InChI=1S/C16H20O/c1-3-4-5-7-10-14(2)16(17)13-15-11-8-6-9-12-15/h3,6-12,16-17H,1-2,4-5,13H2/b10-7+. The minimum Gasteiger partial charge on any atom is -0.388 e. The third kappa shape index (κ3) is 5.32. The van der Waals surface area contributed by atoms with Gasteiger partial charge in [-0.2, -0.15) is 0 Å². The molecule has 1 nitrogen and oxygen atoms in total. The topological polar surface area (TPSA) is 20.2 Å². The lowest BCUT2D eigenvalue weighted by Crippen LogP contribution is -2.11. The number of allylic oxidation sites excluding steroid dienone is 2. The minimum atomic E-state index is -0.502. The highest BCUT2D eigenvalue weighted by molar-refractivity contribution is 5.24. The third-order valence-corrected chi connectivity index (χ3v) is 2.57. The maximum Gasteiger partial charge on any atom is 0.0824 e. The molecule has 1 rings (SSSR count). The zero-order valence-electron chi connectivity index (χ0n) is 10.2. The summed E-state index contributed by atoms with van der Waals surface area (Å²) in [6.07, 6.45) is 7.82. The highest BCUT2D eigenvalue weighted by atomic mass is 16.3. The zero-order chi connectivity index (χ0) is 12.5. The van der Waals surface area contributed by atoms with Crippen molar-refractivity contribution < 1.29 is 5.11 Å². The van der Waals surface area contributed by atoms with Crippen LogP contribution < -0.4 is 0 Å². The predicted molar refractivity (Wildman–Crippen MR) is 73.9 cm³/mol. The molecule has 0 fully saturated rings. The molecule has 1 aromatic rings.